The van der Waals surface area contributed by atoms with Gasteiger partial charge in [0.15, 0.2) is 0 Å². The molecule has 0 radical (unpaired) electrons. The van der Waals surface area contributed by atoms with Crippen molar-refractivity contribution in [3.8, 4) is 0 Å². The van der Waals surface area contributed by atoms with Gasteiger partial charge in [0.1, 0.15) is 5.65 Å². The summed E-state index contributed by atoms with van der Waals surface area (Å²) in [5.41, 5.74) is 1.88. The highest BCUT2D eigenvalue weighted by atomic mass is 32.1. The van der Waals surface area contributed by atoms with Crippen molar-refractivity contribution in [2.24, 2.45) is 14.1 Å². The van der Waals surface area contributed by atoms with Crippen LogP contribution in [0.2, 0.25) is 0 Å². The molecule has 156 valence electrons. The molecule has 0 aliphatic carbocycles. The number of nitrogens with zero attached hydrogens (tertiary/aromatic N) is 4. The van der Waals surface area contributed by atoms with Crippen LogP contribution in [-0.2, 0) is 20.5 Å². The molecule has 8 heteroatoms. The van der Waals surface area contributed by atoms with Crippen molar-refractivity contribution in [1.29, 1.82) is 0 Å². The summed E-state index contributed by atoms with van der Waals surface area (Å²) in [6.45, 7) is 0.579. The van der Waals surface area contributed by atoms with Gasteiger partial charge in [-0.25, -0.2) is 9.78 Å². The fraction of sp³-hybridized carbons (Fsp3) is 0.217. The number of thiophene rings is 1. The molecule has 0 fully saturated rings. The number of hydrogen-bond acceptors (Lipinski definition) is 5. The SMILES string of the molecule is Cn1c(=O)c2cc(C(=O)N3CCc4sccc4C3c3ccccc3)cnc2n(C)c1=O. The third-order valence-electron chi connectivity index (χ3n) is 5.88. The summed E-state index contributed by atoms with van der Waals surface area (Å²) in [6, 6.07) is 13.4. The number of rotatable bonds is 2. The predicted molar refractivity (Wildman–Crippen MR) is 120 cm³/mol. The van der Waals surface area contributed by atoms with E-state index in [4.69, 9.17) is 0 Å². The highest BCUT2D eigenvalue weighted by Crippen LogP contribution is 2.38. The third-order valence-corrected chi connectivity index (χ3v) is 6.88. The molecular formula is C23H20N4O3S. The van der Waals surface area contributed by atoms with E-state index in [1.54, 1.807) is 24.5 Å². The minimum Gasteiger partial charge on any atom is -0.327 e. The second-order valence-corrected chi connectivity index (χ2v) is 8.66. The van der Waals surface area contributed by atoms with Gasteiger partial charge in [0.2, 0.25) is 0 Å². The van der Waals surface area contributed by atoms with Crippen LogP contribution in [0.15, 0.2) is 63.6 Å². The summed E-state index contributed by atoms with van der Waals surface area (Å²) in [7, 11) is 2.99. The van der Waals surface area contributed by atoms with Crippen LogP contribution >= 0.6 is 11.3 Å². The van der Waals surface area contributed by atoms with Crippen molar-refractivity contribution in [1.82, 2.24) is 19.0 Å². The summed E-state index contributed by atoms with van der Waals surface area (Å²) < 4.78 is 2.35. The van der Waals surface area contributed by atoms with Gasteiger partial charge in [-0.1, -0.05) is 30.3 Å². The maximum atomic E-state index is 13.6. The van der Waals surface area contributed by atoms with E-state index in [0.29, 0.717) is 12.1 Å². The average molecular weight is 433 g/mol. The van der Waals surface area contributed by atoms with Crippen molar-refractivity contribution in [2.75, 3.05) is 6.54 Å². The fourth-order valence-corrected chi connectivity index (χ4v) is 5.18. The second-order valence-electron chi connectivity index (χ2n) is 7.66. The Hall–Kier alpha value is -3.52. The molecule has 1 unspecified atom stereocenters. The zero-order chi connectivity index (χ0) is 21.7. The van der Waals surface area contributed by atoms with Gasteiger partial charge in [-0.2, -0.15) is 0 Å². The smallest absolute Gasteiger partial charge is 0.327 e. The van der Waals surface area contributed by atoms with Crippen molar-refractivity contribution in [3.63, 3.8) is 0 Å². The number of carbonyl (C=O) groups is 1. The molecule has 1 atom stereocenters. The highest BCUT2D eigenvalue weighted by molar-refractivity contribution is 7.10. The molecule has 1 aliphatic heterocycles. The van der Waals surface area contributed by atoms with Crippen molar-refractivity contribution >= 4 is 28.3 Å². The van der Waals surface area contributed by atoms with Gasteiger partial charge in [-0.15, -0.1) is 11.3 Å². The van der Waals surface area contributed by atoms with E-state index in [1.165, 1.54) is 22.7 Å². The van der Waals surface area contributed by atoms with Crippen LogP contribution in [0.4, 0.5) is 0 Å². The Labute approximate surface area is 181 Å². The molecule has 0 spiro atoms. The van der Waals surface area contributed by atoms with Gasteiger partial charge < -0.3 is 4.90 Å². The Balaban J connectivity index is 1.63. The number of aromatic nitrogens is 3. The Morgan fingerprint density at radius 2 is 1.87 bits per heavy atom. The maximum Gasteiger partial charge on any atom is 0.332 e. The van der Waals surface area contributed by atoms with Crippen LogP contribution in [0.1, 0.15) is 32.4 Å². The molecule has 1 amide bonds. The van der Waals surface area contributed by atoms with Crippen LogP contribution in [0.3, 0.4) is 0 Å². The first-order chi connectivity index (χ1) is 15.0. The molecule has 5 rings (SSSR count). The zero-order valence-electron chi connectivity index (χ0n) is 17.1. The normalized spacial score (nSPS) is 15.8. The molecule has 31 heavy (non-hydrogen) atoms. The van der Waals surface area contributed by atoms with E-state index in [-0.39, 0.29) is 23.0 Å². The first-order valence-electron chi connectivity index (χ1n) is 9.95. The summed E-state index contributed by atoms with van der Waals surface area (Å²) >= 11 is 1.71. The second kappa shape index (κ2) is 7.31. The van der Waals surface area contributed by atoms with Gasteiger partial charge in [-0.05, 0) is 35.1 Å². The minimum atomic E-state index is -0.460. The Kier molecular flexibility index (Phi) is 4.59. The first-order valence-corrected chi connectivity index (χ1v) is 10.8. The number of pyridine rings is 1. The lowest BCUT2D eigenvalue weighted by Crippen LogP contribution is -2.40. The number of aryl methyl sites for hydroxylation is 1. The van der Waals surface area contributed by atoms with E-state index < -0.39 is 11.2 Å². The van der Waals surface area contributed by atoms with Crippen molar-refractivity contribution < 1.29 is 4.79 Å². The molecule has 1 aromatic carbocycles. The minimum absolute atomic E-state index is 0.184. The van der Waals surface area contributed by atoms with Crippen molar-refractivity contribution in [2.45, 2.75) is 12.5 Å². The van der Waals surface area contributed by atoms with Crippen LogP contribution in [-0.4, -0.2) is 31.5 Å². The van der Waals surface area contributed by atoms with E-state index in [0.717, 1.165) is 22.1 Å². The Morgan fingerprint density at radius 3 is 2.65 bits per heavy atom. The maximum absolute atomic E-state index is 13.6. The molecule has 7 nitrogen and oxygen atoms in total. The van der Waals surface area contributed by atoms with Crippen LogP contribution < -0.4 is 11.2 Å². The molecule has 4 aromatic rings. The van der Waals surface area contributed by atoms with E-state index >= 15 is 0 Å². The van der Waals surface area contributed by atoms with Crippen molar-refractivity contribution in [3.05, 3.63) is 96.4 Å². The van der Waals surface area contributed by atoms with E-state index in [1.807, 2.05) is 35.2 Å². The van der Waals surface area contributed by atoms with E-state index in [9.17, 15) is 14.4 Å². The summed E-state index contributed by atoms with van der Waals surface area (Å²) in [5, 5.41) is 2.32. The van der Waals surface area contributed by atoms with E-state index in [2.05, 4.69) is 16.4 Å². The highest BCUT2D eigenvalue weighted by Gasteiger charge is 2.33. The molecule has 1 aliphatic rings. The monoisotopic (exact) mass is 432 g/mol. The van der Waals surface area contributed by atoms with Gasteiger partial charge >= 0.3 is 5.69 Å². The average Bonchev–Trinajstić information content (AvgIpc) is 3.29. The van der Waals surface area contributed by atoms with Gasteiger partial charge in [0.25, 0.3) is 11.5 Å². The number of fused-ring (bicyclic) bond motifs is 2. The lowest BCUT2D eigenvalue weighted by Gasteiger charge is -2.36. The Bertz CT molecular complexity index is 1430. The number of benzene rings is 1. The zero-order valence-corrected chi connectivity index (χ0v) is 17.9. The topological polar surface area (TPSA) is 77.2 Å². The van der Waals surface area contributed by atoms with Gasteiger partial charge in [0, 0.05) is 31.7 Å². The van der Waals surface area contributed by atoms with Crippen LogP contribution in [0, 0.1) is 0 Å². The van der Waals surface area contributed by atoms with Crippen LogP contribution in [0.25, 0.3) is 11.0 Å². The summed E-state index contributed by atoms with van der Waals surface area (Å²) in [4.78, 5) is 45.9. The summed E-state index contributed by atoms with van der Waals surface area (Å²) in [6.07, 6.45) is 2.24. The molecule has 0 N–H and O–H groups in total. The van der Waals surface area contributed by atoms with Gasteiger partial charge in [0.05, 0.1) is 17.0 Å². The summed E-state index contributed by atoms with van der Waals surface area (Å²) in [5.74, 6) is -0.184. The van der Waals surface area contributed by atoms with Gasteiger partial charge in [-0.3, -0.25) is 18.7 Å². The predicted octanol–water partition coefficient (Wildman–Crippen LogP) is 2.48. The number of hydrogen-bond donors (Lipinski definition) is 0. The Morgan fingerprint density at radius 1 is 1.10 bits per heavy atom. The molecule has 0 saturated carbocycles. The largest absolute Gasteiger partial charge is 0.332 e. The third kappa shape index (κ3) is 3.02. The molecule has 0 bridgehead atoms. The standard InChI is InChI=1S/C23H20N4O3S/c1-25-20-17(22(29)26(2)23(25)30)12-15(13-24-20)21(28)27-10-8-18-16(9-11-31-18)19(27)14-6-4-3-5-7-14/h3-7,9,11-13,19H,8,10H2,1-2H3. The lowest BCUT2D eigenvalue weighted by molar-refractivity contribution is 0.0696. The molecule has 4 heterocycles. The molecular weight excluding hydrogens is 412 g/mol. The van der Waals surface area contributed by atoms with Crippen LogP contribution in [0.5, 0.6) is 0 Å². The molecule has 0 saturated heterocycles. The number of carbonyl (C=O) groups excluding carboxylic acids is 1. The first kappa shape index (κ1) is 19.4. The quantitative estimate of drug-likeness (QED) is 0.488. The lowest BCUT2D eigenvalue weighted by atomic mass is 9.92. The number of amides is 1. The molecule has 3 aromatic heterocycles. The fourth-order valence-electron chi connectivity index (χ4n) is 4.28.